The van der Waals surface area contributed by atoms with Crippen LogP contribution in [-0.4, -0.2) is 30.4 Å². The van der Waals surface area contributed by atoms with Crippen molar-refractivity contribution in [3.8, 4) is 0 Å². The van der Waals surface area contributed by atoms with Crippen molar-refractivity contribution in [3.63, 3.8) is 0 Å². The van der Waals surface area contributed by atoms with E-state index in [0.29, 0.717) is 24.8 Å². The molecule has 1 saturated heterocycles. The Kier molecular flexibility index (Phi) is 4.97. The molecule has 1 aliphatic heterocycles. The Labute approximate surface area is 115 Å². The molecule has 0 saturated carbocycles. The first kappa shape index (κ1) is 14.1. The third kappa shape index (κ3) is 3.80. The van der Waals surface area contributed by atoms with Crippen LogP contribution in [0.5, 0.6) is 0 Å². The van der Waals surface area contributed by atoms with Crippen LogP contribution in [0.2, 0.25) is 0 Å². The van der Waals surface area contributed by atoms with Gasteiger partial charge in [0.15, 0.2) is 0 Å². The van der Waals surface area contributed by atoms with Gasteiger partial charge in [0.1, 0.15) is 0 Å². The lowest BCUT2D eigenvalue weighted by Crippen LogP contribution is -2.45. The van der Waals surface area contributed by atoms with Gasteiger partial charge in [-0.2, -0.15) is 0 Å². The molecule has 1 fully saturated rings. The highest BCUT2D eigenvalue weighted by Gasteiger charge is 2.27. The molecule has 2 unspecified atom stereocenters. The van der Waals surface area contributed by atoms with Gasteiger partial charge < -0.3 is 10.6 Å². The lowest BCUT2D eigenvalue weighted by atomic mass is 9.87. The van der Waals surface area contributed by atoms with E-state index in [1.165, 1.54) is 5.56 Å². The van der Waals surface area contributed by atoms with Crippen molar-refractivity contribution in [2.45, 2.75) is 26.2 Å². The average Bonchev–Trinajstić information content (AvgIpc) is 2.46. The summed E-state index contributed by atoms with van der Waals surface area (Å²) < 4.78 is 0. The maximum Gasteiger partial charge on any atom is 0.222 e. The van der Waals surface area contributed by atoms with E-state index in [0.717, 1.165) is 25.9 Å². The molecule has 1 amide bonds. The smallest absolute Gasteiger partial charge is 0.222 e. The largest absolute Gasteiger partial charge is 0.342 e. The number of carbonyl (C=O) groups excluding carboxylic acids is 1. The molecule has 104 valence electrons. The van der Waals surface area contributed by atoms with Gasteiger partial charge in [-0.1, -0.05) is 37.3 Å². The van der Waals surface area contributed by atoms with Gasteiger partial charge in [-0.05, 0) is 36.8 Å². The molecule has 0 bridgehead atoms. The normalized spacial score (nSPS) is 23.4. The molecule has 0 aliphatic carbocycles. The summed E-state index contributed by atoms with van der Waals surface area (Å²) in [6.07, 6.45) is 2.52. The number of piperidine rings is 1. The van der Waals surface area contributed by atoms with E-state index in [2.05, 4.69) is 19.1 Å². The van der Waals surface area contributed by atoms with Crippen LogP contribution in [-0.2, 0) is 11.2 Å². The zero-order chi connectivity index (χ0) is 13.7. The number of aryl methyl sites for hydroxylation is 1. The second-order valence-corrected chi connectivity index (χ2v) is 5.59. The Balaban J connectivity index is 1.83. The Bertz CT molecular complexity index is 404. The molecule has 2 rings (SSSR count). The second kappa shape index (κ2) is 6.71. The molecule has 0 radical (unpaired) electrons. The van der Waals surface area contributed by atoms with Gasteiger partial charge in [0.2, 0.25) is 5.91 Å². The van der Waals surface area contributed by atoms with Crippen LogP contribution in [0.3, 0.4) is 0 Å². The molecule has 1 heterocycles. The average molecular weight is 260 g/mol. The Hall–Kier alpha value is -1.35. The van der Waals surface area contributed by atoms with E-state index < -0.39 is 0 Å². The van der Waals surface area contributed by atoms with Crippen molar-refractivity contribution in [1.29, 1.82) is 0 Å². The minimum Gasteiger partial charge on any atom is -0.342 e. The number of nitrogens with two attached hydrogens (primary N) is 1. The Morgan fingerprint density at radius 3 is 2.79 bits per heavy atom. The lowest BCUT2D eigenvalue weighted by Gasteiger charge is -2.36. The van der Waals surface area contributed by atoms with E-state index in [9.17, 15) is 4.79 Å². The highest BCUT2D eigenvalue weighted by atomic mass is 16.2. The van der Waals surface area contributed by atoms with Gasteiger partial charge in [0, 0.05) is 19.5 Å². The number of hydrogen-bond donors (Lipinski definition) is 1. The molecule has 1 aromatic rings. The van der Waals surface area contributed by atoms with Crippen molar-refractivity contribution in [3.05, 3.63) is 35.9 Å². The van der Waals surface area contributed by atoms with Gasteiger partial charge in [-0.25, -0.2) is 0 Å². The first-order chi connectivity index (χ1) is 9.20. The number of benzene rings is 1. The molecule has 2 atom stereocenters. The highest BCUT2D eigenvalue weighted by Crippen LogP contribution is 2.22. The summed E-state index contributed by atoms with van der Waals surface area (Å²) in [6, 6.07) is 10.2. The quantitative estimate of drug-likeness (QED) is 0.900. The fourth-order valence-corrected chi connectivity index (χ4v) is 2.74. The predicted molar refractivity (Wildman–Crippen MR) is 77.7 cm³/mol. The summed E-state index contributed by atoms with van der Waals surface area (Å²) in [5.41, 5.74) is 7.02. The minimum absolute atomic E-state index is 0.272. The fourth-order valence-electron chi connectivity index (χ4n) is 2.74. The van der Waals surface area contributed by atoms with Crippen LogP contribution in [0.1, 0.15) is 25.3 Å². The summed E-state index contributed by atoms with van der Waals surface area (Å²) in [5, 5.41) is 0. The van der Waals surface area contributed by atoms with Crippen LogP contribution in [0.15, 0.2) is 30.3 Å². The molecule has 1 aliphatic rings. The Morgan fingerprint density at radius 2 is 2.11 bits per heavy atom. The monoisotopic (exact) mass is 260 g/mol. The van der Waals surface area contributed by atoms with Gasteiger partial charge in [0.05, 0.1) is 0 Å². The molecule has 19 heavy (non-hydrogen) atoms. The molecule has 2 N–H and O–H groups in total. The zero-order valence-electron chi connectivity index (χ0n) is 11.7. The third-order valence-electron chi connectivity index (χ3n) is 4.24. The number of rotatable bonds is 4. The van der Waals surface area contributed by atoms with Crippen molar-refractivity contribution >= 4 is 5.91 Å². The van der Waals surface area contributed by atoms with Crippen LogP contribution in [0, 0.1) is 11.8 Å². The summed E-state index contributed by atoms with van der Waals surface area (Å²) in [6.45, 7) is 4.66. The standard InChI is InChI=1S/C16H24N2O/c1-13-9-10-18(12-15(13)11-17)16(19)8-7-14-5-3-2-4-6-14/h2-6,13,15H,7-12,17H2,1H3. The predicted octanol–water partition coefficient (Wildman–Crippen LogP) is 2.06. The van der Waals surface area contributed by atoms with Crippen molar-refractivity contribution in [2.24, 2.45) is 17.6 Å². The molecular formula is C16H24N2O. The molecule has 0 aromatic heterocycles. The topological polar surface area (TPSA) is 46.3 Å². The SMILES string of the molecule is CC1CCN(C(=O)CCc2ccccc2)CC1CN. The molecule has 3 heteroatoms. The van der Waals surface area contributed by atoms with E-state index >= 15 is 0 Å². The first-order valence-electron chi connectivity index (χ1n) is 7.22. The minimum atomic E-state index is 0.272. The first-order valence-corrected chi connectivity index (χ1v) is 7.22. The van der Waals surface area contributed by atoms with Gasteiger partial charge in [-0.15, -0.1) is 0 Å². The summed E-state index contributed by atoms with van der Waals surface area (Å²) in [4.78, 5) is 14.2. The molecule has 0 spiro atoms. The van der Waals surface area contributed by atoms with E-state index in [-0.39, 0.29) is 5.91 Å². The van der Waals surface area contributed by atoms with Gasteiger partial charge in [0.25, 0.3) is 0 Å². The number of hydrogen-bond acceptors (Lipinski definition) is 2. The zero-order valence-corrected chi connectivity index (χ0v) is 11.7. The summed E-state index contributed by atoms with van der Waals surface area (Å²) >= 11 is 0. The second-order valence-electron chi connectivity index (χ2n) is 5.59. The van der Waals surface area contributed by atoms with Crippen LogP contribution >= 0.6 is 0 Å². The maximum absolute atomic E-state index is 12.2. The van der Waals surface area contributed by atoms with Gasteiger partial charge in [-0.3, -0.25) is 4.79 Å². The Morgan fingerprint density at radius 1 is 1.37 bits per heavy atom. The number of nitrogens with zero attached hydrogens (tertiary/aromatic N) is 1. The number of amides is 1. The van der Waals surface area contributed by atoms with Gasteiger partial charge >= 0.3 is 0 Å². The van der Waals surface area contributed by atoms with E-state index in [1.807, 2.05) is 23.1 Å². The lowest BCUT2D eigenvalue weighted by molar-refractivity contribution is -0.133. The molecule has 1 aromatic carbocycles. The van der Waals surface area contributed by atoms with Crippen molar-refractivity contribution < 1.29 is 4.79 Å². The number of likely N-dealkylation sites (tertiary alicyclic amines) is 1. The van der Waals surface area contributed by atoms with Crippen LogP contribution in [0.25, 0.3) is 0 Å². The van der Waals surface area contributed by atoms with Crippen LogP contribution in [0.4, 0.5) is 0 Å². The van der Waals surface area contributed by atoms with E-state index in [1.54, 1.807) is 0 Å². The number of carbonyl (C=O) groups is 1. The third-order valence-corrected chi connectivity index (χ3v) is 4.24. The van der Waals surface area contributed by atoms with Crippen molar-refractivity contribution in [2.75, 3.05) is 19.6 Å². The van der Waals surface area contributed by atoms with Crippen molar-refractivity contribution in [1.82, 2.24) is 4.90 Å². The summed E-state index contributed by atoms with van der Waals surface area (Å²) in [7, 11) is 0. The summed E-state index contributed by atoms with van der Waals surface area (Å²) in [5.74, 6) is 1.38. The van der Waals surface area contributed by atoms with E-state index in [4.69, 9.17) is 5.73 Å². The van der Waals surface area contributed by atoms with Crippen LogP contribution < -0.4 is 5.73 Å². The maximum atomic E-state index is 12.2. The molecular weight excluding hydrogens is 236 g/mol. The fraction of sp³-hybridized carbons (Fsp3) is 0.562. The molecule has 3 nitrogen and oxygen atoms in total. The highest BCUT2D eigenvalue weighted by molar-refractivity contribution is 5.76.